The van der Waals surface area contributed by atoms with Crippen molar-refractivity contribution in [3.05, 3.63) is 54.2 Å². The summed E-state index contributed by atoms with van der Waals surface area (Å²) in [6, 6.07) is 10.2. The van der Waals surface area contributed by atoms with Crippen LogP contribution in [0.3, 0.4) is 0 Å². The molecule has 0 saturated carbocycles. The Morgan fingerprint density at radius 3 is 2.47 bits per heavy atom. The molecule has 11 nitrogen and oxygen atoms in total. The minimum Gasteiger partial charge on any atom is -0.497 e. The van der Waals surface area contributed by atoms with Gasteiger partial charge in [-0.15, -0.1) is 0 Å². The average Bonchev–Trinajstić information content (AvgIpc) is 3.63. The van der Waals surface area contributed by atoms with Gasteiger partial charge in [0, 0.05) is 43.5 Å². The maximum atomic E-state index is 13.1. The van der Waals surface area contributed by atoms with Crippen molar-refractivity contribution in [1.29, 1.82) is 0 Å². The summed E-state index contributed by atoms with van der Waals surface area (Å²) in [5, 5.41) is 10.5. The second-order valence-electron chi connectivity index (χ2n) is 8.34. The zero-order valence-corrected chi connectivity index (χ0v) is 20.3. The molecule has 1 aromatic carbocycles. The molecule has 1 N–H and O–H groups in total. The highest BCUT2D eigenvalue weighted by Gasteiger charge is 2.38. The summed E-state index contributed by atoms with van der Waals surface area (Å²) in [6.07, 6.45) is -3.33. The molecule has 38 heavy (non-hydrogen) atoms. The molecular weight excluding hydrogens is 507 g/mol. The average molecular weight is 529 g/mol. The number of hydrogen-bond acceptors (Lipinski definition) is 9. The molecule has 5 rings (SSSR count). The predicted octanol–water partition coefficient (Wildman–Crippen LogP) is 3.52. The first-order chi connectivity index (χ1) is 18.3. The number of anilines is 1. The van der Waals surface area contributed by atoms with Gasteiger partial charge in [0.15, 0.2) is 0 Å². The number of methoxy groups -OCH3 is 2. The fourth-order valence-corrected chi connectivity index (χ4v) is 4.05. The van der Waals surface area contributed by atoms with Crippen LogP contribution in [0.1, 0.15) is 16.4 Å². The van der Waals surface area contributed by atoms with E-state index in [1.54, 1.807) is 55.5 Å². The number of halogens is 3. The van der Waals surface area contributed by atoms with E-state index in [1.165, 1.54) is 6.20 Å². The van der Waals surface area contributed by atoms with E-state index in [9.17, 15) is 18.0 Å². The van der Waals surface area contributed by atoms with Crippen LogP contribution >= 0.6 is 0 Å². The molecular formula is C24H22F3N7O4. The molecule has 1 fully saturated rings. The number of benzene rings is 1. The largest absolute Gasteiger partial charge is 0.497 e. The monoisotopic (exact) mass is 529 g/mol. The normalized spacial score (nSPS) is 14.0. The second-order valence-corrected chi connectivity index (χ2v) is 8.34. The number of nitrogens with zero attached hydrogens (tertiary/aromatic N) is 6. The zero-order chi connectivity index (χ0) is 26.9. The van der Waals surface area contributed by atoms with E-state index in [4.69, 9.17) is 9.47 Å². The first-order valence-electron chi connectivity index (χ1n) is 11.5. The molecule has 0 radical (unpaired) electrons. The van der Waals surface area contributed by atoms with E-state index in [1.807, 2.05) is 4.90 Å². The molecule has 0 spiro atoms. The van der Waals surface area contributed by atoms with Crippen molar-refractivity contribution in [2.24, 2.45) is 0 Å². The molecule has 14 heteroatoms. The minimum absolute atomic E-state index is 0.189. The van der Waals surface area contributed by atoms with Gasteiger partial charge in [-0.1, -0.05) is 5.16 Å². The highest BCUT2D eigenvalue weighted by molar-refractivity contribution is 5.93. The number of aromatic nitrogens is 5. The fourth-order valence-electron chi connectivity index (χ4n) is 4.05. The number of carbonyl (C=O) groups is 1. The van der Waals surface area contributed by atoms with Gasteiger partial charge in [0.05, 0.1) is 19.9 Å². The summed E-state index contributed by atoms with van der Waals surface area (Å²) < 4.78 is 53.1. The summed E-state index contributed by atoms with van der Waals surface area (Å²) in [7, 11) is 3.12. The van der Waals surface area contributed by atoms with Crippen LogP contribution in [0.25, 0.3) is 22.6 Å². The quantitative estimate of drug-likeness (QED) is 0.400. The van der Waals surface area contributed by atoms with Crippen molar-refractivity contribution in [3.8, 4) is 34.1 Å². The van der Waals surface area contributed by atoms with Gasteiger partial charge in [-0.2, -0.15) is 23.3 Å². The van der Waals surface area contributed by atoms with Gasteiger partial charge in [0.2, 0.25) is 5.82 Å². The number of piperazine rings is 1. The third-order valence-electron chi connectivity index (χ3n) is 6.06. The Bertz CT molecular complexity index is 1430. The van der Waals surface area contributed by atoms with Gasteiger partial charge in [0.25, 0.3) is 5.91 Å². The summed E-state index contributed by atoms with van der Waals surface area (Å²) in [4.78, 5) is 24.5. The summed E-state index contributed by atoms with van der Waals surface area (Å²) in [5.41, 5.74) is 1.89. The van der Waals surface area contributed by atoms with Crippen LogP contribution in [0, 0.1) is 0 Å². The number of rotatable bonds is 6. The third kappa shape index (κ3) is 4.96. The van der Waals surface area contributed by atoms with Crippen molar-refractivity contribution in [2.45, 2.75) is 6.18 Å². The number of hydrogen-bond donors (Lipinski definition) is 1. The Morgan fingerprint density at radius 2 is 1.84 bits per heavy atom. The number of nitrogens with one attached hydrogen (secondary N) is 1. The van der Waals surface area contributed by atoms with Gasteiger partial charge in [0.1, 0.15) is 23.0 Å². The molecule has 0 bridgehead atoms. The summed E-state index contributed by atoms with van der Waals surface area (Å²) in [6.45, 7) is 1.92. The zero-order valence-electron chi connectivity index (χ0n) is 20.3. The van der Waals surface area contributed by atoms with E-state index in [2.05, 4.69) is 29.8 Å². The van der Waals surface area contributed by atoms with Gasteiger partial charge in [-0.05, 0) is 36.4 Å². The van der Waals surface area contributed by atoms with Crippen LogP contribution in [0.5, 0.6) is 11.5 Å². The van der Waals surface area contributed by atoms with E-state index in [0.717, 1.165) is 0 Å². The number of amides is 1. The van der Waals surface area contributed by atoms with Gasteiger partial charge in [-0.3, -0.25) is 9.89 Å². The van der Waals surface area contributed by atoms with Crippen molar-refractivity contribution in [2.75, 3.05) is 45.3 Å². The van der Waals surface area contributed by atoms with Gasteiger partial charge in [-0.25, -0.2) is 4.98 Å². The Balaban J connectivity index is 1.22. The van der Waals surface area contributed by atoms with Crippen molar-refractivity contribution in [1.82, 2.24) is 30.2 Å². The van der Waals surface area contributed by atoms with E-state index in [0.29, 0.717) is 66.0 Å². The topological polar surface area (TPSA) is 123 Å². The molecule has 3 aromatic heterocycles. The first kappa shape index (κ1) is 25.0. The lowest BCUT2D eigenvalue weighted by Crippen LogP contribution is -2.49. The molecule has 198 valence electrons. The Labute approximate surface area is 214 Å². The SMILES string of the molecule is COc1ccc(OC)c(-c2cc(C(=O)N3CCN(c4ccc(-c5noc(C(F)(F)F)n5)cn4)CC3)[nH]n2)c1. The molecule has 4 heterocycles. The van der Waals surface area contributed by atoms with E-state index >= 15 is 0 Å². The lowest BCUT2D eigenvalue weighted by Gasteiger charge is -2.35. The molecule has 0 atom stereocenters. The molecule has 0 aliphatic carbocycles. The Hall–Kier alpha value is -4.62. The standard InChI is InChI=1S/C24H22F3N7O4/c1-36-15-4-5-19(37-2)16(11-15)17-12-18(31-30-17)22(35)34-9-7-33(8-10-34)20-6-3-14(13-28-20)21-29-23(38-32-21)24(25,26)27/h3-6,11-13H,7-10H2,1-2H3,(H,30,31). The second kappa shape index (κ2) is 10.0. The van der Waals surface area contributed by atoms with Crippen molar-refractivity contribution >= 4 is 11.7 Å². The third-order valence-corrected chi connectivity index (χ3v) is 6.06. The van der Waals surface area contributed by atoms with Crippen LogP contribution in [0.2, 0.25) is 0 Å². The van der Waals surface area contributed by atoms with E-state index in [-0.39, 0.29) is 11.7 Å². The number of alkyl halides is 3. The smallest absolute Gasteiger partial charge is 0.471 e. The summed E-state index contributed by atoms with van der Waals surface area (Å²) in [5.74, 6) is 0.0588. The Kier molecular flexibility index (Phi) is 6.61. The molecule has 1 aliphatic rings. The summed E-state index contributed by atoms with van der Waals surface area (Å²) >= 11 is 0. The highest BCUT2D eigenvalue weighted by atomic mass is 19.4. The number of carbonyl (C=O) groups excluding carboxylic acids is 1. The molecule has 0 unspecified atom stereocenters. The fraction of sp³-hybridized carbons (Fsp3) is 0.292. The first-order valence-corrected chi connectivity index (χ1v) is 11.5. The maximum absolute atomic E-state index is 13.1. The highest BCUT2D eigenvalue weighted by Crippen LogP contribution is 2.33. The molecule has 1 amide bonds. The van der Waals surface area contributed by atoms with Crippen molar-refractivity contribution in [3.63, 3.8) is 0 Å². The van der Waals surface area contributed by atoms with Crippen LogP contribution < -0.4 is 14.4 Å². The minimum atomic E-state index is -4.71. The number of pyridine rings is 1. The lowest BCUT2D eigenvalue weighted by atomic mass is 10.1. The molecule has 1 aliphatic heterocycles. The maximum Gasteiger partial charge on any atom is 0.471 e. The molecule has 1 saturated heterocycles. The number of aromatic amines is 1. The number of H-pyrrole nitrogens is 1. The van der Waals surface area contributed by atoms with Crippen LogP contribution in [0.4, 0.5) is 19.0 Å². The van der Waals surface area contributed by atoms with Crippen LogP contribution in [0.15, 0.2) is 47.1 Å². The van der Waals surface area contributed by atoms with Crippen LogP contribution in [-0.4, -0.2) is 76.5 Å². The molecule has 4 aromatic rings. The van der Waals surface area contributed by atoms with Crippen LogP contribution in [-0.2, 0) is 6.18 Å². The Morgan fingerprint density at radius 1 is 1.05 bits per heavy atom. The van der Waals surface area contributed by atoms with E-state index < -0.39 is 12.1 Å². The van der Waals surface area contributed by atoms with Crippen molar-refractivity contribution < 1.29 is 32.0 Å². The van der Waals surface area contributed by atoms with Gasteiger partial charge >= 0.3 is 12.1 Å². The van der Waals surface area contributed by atoms with Gasteiger partial charge < -0.3 is 23.8 Å². The number of ether oxygens (including phenoxy) is 2. The predicted molar refractivity (Wildman–Crippen MR) is 128 cm³/mol. The lowest BCUT2D eigenvalue weighted by molar-refractivity contribution is -0.159.